The number of halogens is 1. The third kappa shape index (κ3) is 3.29. The predicted molar refractivity (Wildman–Crippen MR) is 78.9 cm³/mol. The summed E-state index contributed by atoms with van der Waals surface area (Å²) in [7, 11) is 4.09. The van der Waals surface area contributed by atoms with Gasteiger partial charge in [0.1, 0.15) is 6.10 Å². The fraction of sp³-hybridized carbons (Fsp3) is 0.750. The zero-order valence-electron chi connectivity index (χ0n) is 10.8. The SMILES string of the molecule is CN(C)CCn1ncc(Br)c1C(O)C1CCCS1. The molecule has 2 heterocycles. The van der Waals surface area contributed by atoms with Crippen LogP contribution in [0.25, 0.3) is 0 Å². The minimum absolute atomic E-state index is 0.316. The second-order valence-electron chi connectivity index (χ2n) is 4.90. The van der Waals surface area contributed by atoms with Gasteiger partial charge in [0.25, 0.3) is 0 Å². The maximum Gasteiger partial charge on any atom is 0.109 e. The number of likely N-dealkylation sites (N-methyl/N-ethyl adjacent to an activating group) is 1. The summed E-state index contributed by atoms with van der Waals surface area (Å²) in [5, 5.41) is 15.2. The fourth-order valence-corrected chi connectivity index (χ4v) is 3.98. The molecule has 1 fully saturated rings. The molecule has 1 aromatic rings. The van der Waals surface area contributed by atoms with Crippen molar-refractivity contribution in [1.29, 1.82) is 0 Å². The lowest BCUT2D eigenvalue weighted by Gasteiger charge is -2.20. The number of hydrogen-bond acceptors (Lipinski definition) is 4. The van der Waals surface area contributed by atoms with E-state index in [-0.39, 0.29) is 0 Å². The number of hydrogen-bond donors (Lipinski definition) is 1. The van der Waals surface area contributed by atoms with Gasteiger partial charge in [-0.25, -0.2) is 0 Å². The number of aliphatic hydroxyl groups excluding tert-OH is 1. The van der Waals surface area contributed by atoms with Gasteiger partial charge in [-0.05, 0) is 48.6 Å². The molecule has 4 nitrogen and oxygen atoms in total. The maximum absolute atomic E-state index is 10.5. The molecule has 1 aliphatic rings. The molecule has 2 rings (SSSR count). The quantitative estimate of drug-likeness (QED) is 0.896. The Bertz CT molecular complexity index is 391. The Balaban J connectivity index is 2.12. The van der Waals surface area contributed by atoms with Crippen molar-refractivity contribution in [2.75, 3.05) is 26.4 Å². The van der Waals surface area contributed by atoms with Gasteiger partial charge in [0.05, 0.1) is 22.9 Å². The molecule has 102 valence electrons. The van der Waals surface area contributed by atoms with Gasteiger partial charge in [0.2, 0.25) is 0 Å². The number of rotatable bonds is 5. The molecule has 0 radical (unpaired) electrons. The lowest BCUT2D eigenvalue weighted by Crippen LogP contribution is -2.23. The van der Waals surface area contributed by atoms with E-state index in [0.717, 1.165) is 35.4 Å². The summed E-state index contributed by atoms with van der Waals surface area (Å²) in [5.41, 5.74) is 0.927. The van der Waals surface area contributed by atoms with Crippen LogP contribution in [0, 0.1) is 0 Å². The van der Waals surface area contributed by atoms with Crippen LogP contribution < -0.4 is 0 Å². The molecule has 1 N–H and O–H groups in total. The third-order valence-electron chi connectivity index (χ3n) is 3.19. The zero-order valence-corrected chi connectivity index (χ0v) is 13.2. The van der Waals surface area contributed by atoms with E-state index in [1.807, 2.05) is 30.5 Å². The summed E-state index contributed by atoms with van der Waals surface area (Å²) in [5.74, 6) is 1.16. The first-order valence-electron chi connectivity index (χ1n) is 6.25. The molecule has 0 bridgehead atoms. The molecular weight excluding hydrogens is 314 g/mol. The normalized spacial score (nSPS) is 21.7. The highest BCUT2D eigenvalue weighted by Crippen LogP contribution is 2.38. The Morgan fingerprint density at radius 1 is 1.67 bits per heavy atom. The molecule has 6 heteroatoms. The van der Waals surface area contributed by atoms with Crippen LogP contribution in [0.3, 0.4) is 0 Å². The standard InChI is InChI=1S/C12H20BrN3OS/c1-15(2)5-6-16-11(9(13)8-14-16)12(17)10-4-3-7-18-10/h8,10,12,17H,3-7H2,1-2H3. The van der Waals surface area contributed by atoms with Gasteiger partial charge >= 0.3 is 0 Å². The van der Waals surface area contributed by atoms with Gasteiger partial charge in [-0.1, -0.05) is 0 Å². The lowest BCUT2D eigenvalue weighted by atomic mass is 10.1. The van der Waals surface area contributed by atoms with Crippen LogP contribution >= 0.6 is 27.7 Å². The topological polar surface area (TPSA) is 41.3 Å². The van der Waals surface area contributed by atoms with Gasteiger partial charge in [-0.3, -0.25) is 4.68 Å². The average molecular weight is 334 g/mol. The van der Waals surface area contributed by atoms with E-state index in [4.69, 9.17) is 0 Å². The van der Waals surface area contributed by atoms with Gasteiger partial charge in [0, 0.05) is 11.8 Å². The van der Waals surface area contributed by atoms with Crippen LogP contribution in [0.4, 0.5) is 0 Å². The zero-order chi connectivity index (χ0) is 13.1. The summed E-state index contributed by atoms with van der Waals surface area (Å²) in [6.07, 6.45) is 3.66. The summed E-state index contributed by atoms with van der Waals surface area (Å²) in [6, 6.07) is 0. The van der Waals surface area contributed by atoms with Crippen LogP contribution in [0.5, 0.6) is 0 Å². The van der Waals surface area contributed by atoms with Crippen molar-refractivity contribution in [3.63, 3.8) is 0 Å². The molecule has 18 heavy (non-hydrogen) atoms. The summed E-state index contributed by atoms with van der Waals surface area (Å²) >= 11 is 5.37. The average Bonchev–Trinajstić information content (AvgIpc) is 2.94. The van der Waals surface area contributed by atoms with Gasteiger partial charge in [-0.2, -0.15) is 16.9 Å². The smallest absolute Gasteiger partial charge is 0.109 e. The van der Waals surface area contributed by atoms with Crippen molar-refractivity contribution in [2.45, 2.75) is 30.7 Å². The van der Waals surface area contributed by atoms with Crippen LogP contribution in [0.2, 0.25) is 0 Å². The van der Waals surface area contributed by atoms with Gasteiger partial charge < -0.3 is 10.0 Å². The molecule has 1 aromatic heterocycles. The van der Waals surface area contributed by atoms with Crippen molar-refractivity contribution in [1.82, 2.24) is 14.7 Å². The van der Waals surface area contributed by atoms with Crippen molar-refractivity contribution in [3.05, 3.63) is 16.4 Å². The van der Waals surface area contributed by atoms with Crippen molar-refractivity contribution >= 4 is 27.7 Å². The van der Waals surface area contributed by atoms with Crippen LogP contribution in [-0.2, 0) is 6.54 Å². The largest absolute Gasteiger partial charge is 0.386 e. The number of thioether (sulfide) groups is 1. The van der Waals surface area contributed by atoms with Crippen molar-refractivity contribution in [2.24, 2.45) is 0 Å². The van der Waals surface area contributed by atoms with Crippen LogP contribution in [-0.4, -0.2) is 51.4 Å². The van der Waals surface area contributed by atoms with Gasteiger partial charge in [-0.15, -0.1) is 0 Å². The Morgan fingerprint density at radius 3 is 3.06 bits per heavy atom. The van der Waals surface area contributed by atoms with Crippen LogP contribution in [0.1, 0.15) is 24.6 Å². The van der Waals surface area contributed by atoms with Crippen molar-refractivity contribution in [3.8, 4) is 0 Å². The highest BCUT2D eigenvalue weighted by atomic mass is 79.9. The second-order valence-corrected chi connectivity index (χ2v) is 7.10. The fourth-order valence-electron chi connectivity index (χ4n) is 2.17. The molecule has 2 atom stereocenters. The van der Waals surface area contributed by atoms with E-state index in [2.05, 4.69) is 25.9 Å². The highest BCUT2D eigenvalue weighted by Gasteiger charge is 2.29. The Kier molecular flexibility index (Phi) is 5.12. The molecule has 1 saturated heterocycles. The minimum atomic E-state index is -0.420. The monoisotopic (exact) mass is 333 g/mol. The Hall–Kier alpha value is -0.0400. The Morgan fingerprint density at radius 2 is 2.44 bits per heavy atom. The molecule has 0 aromatic carbocycles. The first-order valence-corrected chi connectivity index (χ1v) is 8.09. The molecule has 1 aliphatic heterocycles. The van der Waals surface area contributed by atoms with E-state index in [9.17, 15) is 5.11 Å². The highest BCUT2D eigenvalue weighted by molar-refractivity contribution is 9.10. The molecule has 0 amide bonds. The molecule has 2 unspecified atom stereocenters. The number of aromatic nitrogens is 2. The molecule has 0 aliphatic carbocycles. The number of nitrogens with zero attached hydrogens (tertiary/aromatic N) is 3. The van der Waals surface area contributed by atoms with E-state index < -0.39 is 6.10 Å². The number of aliphatic hydroxyl groups is 1. The minimum Gasteiger partial charge on any atom is -0.386 e. The van der Waals surface area contributed by atoms with E-state index in [1.165, 1.54) is 6.42 Å². The summed E-state index contributed by atoms with van der Waals surface area (Å²) < 4.78 is 2.84. The lowest BCUT2D eigenvalue weighted by molar-refractivity contribution is 0.160. The summed E-state index contributed by atoms with van der Waals surface area (Å²) in [4.78, 5) is 2.12. The van der Waals surface area contributed by atoms with Gasteiger partial charge in [0.15, 0.2) is 0 Å². The first-order chi connectivity index (χ1) is 8.59. The Labute approximate surface area is 121 Å². The maximum atomic E-state index is 10.5. The third-order valence-corrected chi connectivity index (χ3v) is 5.25. The predicted octanol–water partition coefficient (Wildman–Crippen LogP) is 2.14. The van der Waals surface area contributed by atoms with E-state index >= 15 is 0 Å². The summed E-state index contributed by atoms with van der Waals surface area (Å²) in [6.45, 7) is 1.73. The molecule has 0 saturated carbocycles. The van der Waals surface area contributed by atoms with E-state index in [1.54, 1.807) is 6.20 Å². The molecular formula is C12H20BrN3OS. The van der Waals surface area contributed by atoms with Crippen molar-refractivity contribution < 1.29 is 5.11 Å². The first kappa shape index (κ1) is 14.4. The second kappa shape index (κ2) is 6.41. The van der Waals surface area contributed by atoms with Crippen LogP contribution in [0.15, 0.2) is 10.7 Å². The van der Waals surface area contributed by atoms with E-state index in [0.29, 0.717) is 5.25 Å². The molecule has 0 spiro atoms.